The van der Waals surface area contributed by atoms with Crippen molar-refractivity contribution in [3.8, 4) is 11.9 Å². The molecule has 0 radical (unpaired) electrons. The fourth-order valence-electron chi connectivity index (χ4n) is 3.38. The van der Waals surface area contributed by atoms with Gasteiger partial charge >= 0.3 is 6.18 Å². The van der Waals surface area contributed by atoms with Crippen LogP contribution in [0.15, 0.2) is 44.2 Å². The summed E-state index contributed by atoms with van der Waals surface area (Å²) < 4.78 is 84.1. The minimum Gasteiger partial charge on any atom is -0.493 e. The maximum Gasteiger partial charge on any atom is 0.420 e. The molecule has 0 spiro atoms. The largest absolute Gasteiger partial charge is 0.493 e. The SMILES string of the molecule is COCCN(CCOC)S(=O)(=O)c1ccc(/N=N/c2c(C(F)(F)F)c(C#N)c(=O)n(CCOCCO)c2O)cc1. The number of alkyl halides is 3. The first-order valence-corrected chi connectivity index (χ1v) is 13.0. The second-order valence-corrected chi connectivity index (χ2v) is 9.85. The molecule has 0 aliphatic carbocycles. The van der Waals surface area contributed by atoms with Crippen LogP contribution in [0, 0.1) is 11.3 Å². The summed E-state index contributed by atoms with van der Waals surface area (Å²) in [5, 5.41) is 35.7. The average molecular weight is 592 g/mol. The van der Waals surface area contributed by atoms with Crippen molar-refractivity contribution in [1.82, 2.24) is 8.87 Å². The lowest BCUT2D eigenvalue weighted by Crippen LogP contribution is -2.36. The number of benzene rings is 1. The van der Waals surface area contributed by atoms with Gasteiger partial charge in [0.1, 0.15) is 17.2 Å². The number of hydrogen-bond donors (Lipinski definition) is 2. The van der Waals surface area contributed by atoms with E-state index < -0.39 is 51.0 Å². The maximum atomic E-state index is 13.8. The highest BCUT2D eigenvalue weighted by atomic mass is 32.2. The van der Waals surface area contributed by atoms with Crippen LogP contribution in [0.4, 0.5) is 24.5 Å². The lowest BCUT2D eigenvalue weighted by Gasteiger charge is -2.21. The van der Waals surface area contributed by atoms with E-state index in [9.17, 15) is 36.8 Å². The number of halogens is 3. The van der Waals surface area contributed by atoms with Crippen LogP contribution in [0.5, 0.6) is 5.88 Å². The van der Waals surface area contributed by atoms with Gasteiger partial charge in [-0.15, -0.1) is 5.11 Å². The van der Waals surface area contributed by atoms with Gasteiger partial charge in [0.25, 0.3) is 5.56 Å². The third-order valence-electron chi connectivity index (χ3n) is 5.33. The minimum atomic E-state index is -5.26. The third kappa shape index (κ3) is 8.06. The van der Waals surface area contributed by atoms with E-state index in [1.807, 2.05) is 0 Å². The molecule has 0 unspecified atom stereocenters. The predicted octanol–water partition coefficient (Wildman–Crippen LogP) is 2.15. The molecule has 220 valence electrons. The molecule has 2 rings (SSSR count). The van der Waals surface area contributed by atoms with Gasteiger partial charge in [0.05, 0.1) is 50.2 Å². The number of pyridine rings is 1. The monoisotopic (exact) mass is 591 g/mol. The fourth-order valence-corrected chi connectivity index (χ4v) is 4.79. The summed E-state index contributed by atoms with van der Waals surface area (Å²) in [6.45, 7) is -0.860. The zero-order chi connectivity index (χ0) is 29.9. The highest BCUT2D eigenvalue weighted by molar-refractivity contribution is 7.89. The van der Waals surface area contributed by atoms with E-state index >= 15 is 0 Å². The number of nitrogens with zero attached hydrogens (tertiary/aromatic N) is 5. The Balaban J connectivity index is 2.50. The van der Waals surface area contributed by atoms with Crippen molar-refractivity contribution < 1.29 is 46.0 Å². The Morgan fingerprint density at radius 3 is 2.15 bits per heavy atom. The number of hydrogen-bond acceptors (Lipinski definition) is 11. The molecule has 1 aromatic heterocycles. The van der Waals surface area contributed by atoms with Gasteiger partial charge in [-0.25, -0.2) is 8.42 Å². The Morgan fingerprint density at radius 1 is 1.05 bits per heavy atom. The van der Waals surface area contributed by atoms with Crippen molar-refractivity contribution in [2.24, 2.45) is 10.2 Å². The van der Waals surface area contributed by atoms with Crippen LogP contribution in [0.1, 0.15) is 11.1 Å². The number of aromatic hydroxyl groups is 1. The number of methoxy groups -OCH3 is 2. The number of sulfonamides is 1. The number of ether oxygens (including phenoxy) is 3. The smallest absolute Gasteiger partial charge is 0.420 e. The molecule has 2 aromatic rings. The summed E-state index contributed by atoms with van der Waals surface area (Å²) in [7, 11) is -1.15. The quantitative estimate of drug-likeness (QED) is 0.232. The number of aliphatic hydroxyl groups is 1. The zero-order valence-corrected chi connectivity index (χ0v) is 22.4. The van der Waals surface area contributed by atoms with E-state index in [1.165, 1.54) is 44.6 Å². The molecular weight excluding hydrogens is 563 g/mol. The van der Waals surface area contributed by atoms with E-state index in [1.54, 1.807) is 0 Å². The molecule has 0 saturated carbocycles. The first kappa shape index (κ1) is 32.8. The van der Waals surface area contributed by atoms with Crippen LogP contribution in [0.25, 0.3) is 0 Å². The van der Waals surface area contributed by atoms with Gasteiger partial charge < -0.3 is 24.4 Å². The van der Waals surface area contributed by atoms with E-state index in [0.29, 0.717) is 4.57 Å². The second-order valence-electron chi connectivity index (χ2n) is 7.91. The highest BCUT2D eigenvalue weighted by Crippen LogP contribution is 2.42. The van der Waals surface area contributed by atoms with Crippen molar-refractivity contribution in [2.45, 2.75) is 17.6 Å². The molecule has 0 amide bonds. The van der Waals surface area contributed by atoms with Gasteiger partial charge in [-0.3, -0.25) is 9.36 Å². The van der Waals surface area contributed by atoms with Crippen molar-refractivity contribution >= 4 is 21.4 Å². The lowest BCUT2D eigenvalue weighted by molar-refractivity contribution is -0.137. The van der Waals surface area contributed by atoms with Gasteiger partial charge in [-0.1, -0.05) is 0 Å². The van der Waals surface area contributed by atoms with E-state index in [-0.39, 0.29) is 56.7 Å². The number of aliphatic hydroxyl groups excluding tert-OH is 1. The standard InChI is InChI=1S/C23H28F3N5O8S/c1-37-11-7-30(8-12-38-2)40(35,36)17-5-3-16(4-6-17)28-29-20-19(23(24,25)26)18(15-27)21(33)31(22(20)34)9-13-39-14-10-32/h3-6,32,34H,7-14H2,1-2H3/b29-28+. The van der Waals surface area contributed by atoms with Crippen molar-refractivity contribution in [2.75, 3.05) is 60.3 Å². The minimum absolute atomic E-state index is 0.0468. The van der Waals surface area contributed by atoms with Crippen molar-refractivity contribution in [1.29, 1.82) is 5.26 Å². The van der Waals surface area contributed by atoms with E-state index in [0.717, 1.165) is 4.31 Å². The summed E-state index contributed by atoms with van der Waals surface area (Å²) in [6.07, 6.45) is -5.26. The summed E-state index contributed by atoms with van der Waals surface area (Å²) in [5.41, 5.74) is -5.78. The normalized spacial score (nSPS) is 12.3. The Morgan fingerprint density at radius 2 is 1.65 bits per heavy atom. The topological polar surface area (TPSA) is 176 Å². The molecule has 0 aliphatic rings. The lowest BCUT2D eigenvalue weighted by atomic mass is 10.1. The van der Waals surface area contributed by atoms with Crippen LogP contribution in [0.2, 0.25) is 0 Å². The molecule has 13 nitrogen and oxygen atoms in total. The van der Waals surface area contributed by atoms with Gasteiger partial charge in [0.2, 0.25) is 15.9 Å². The fraction of sp³-hybridized carbons (Fsp3) is 0.478. The molecule has 0 bridgehead atoms. The van der Waals surface area contributed by atoms with Crippen LogP contribution < -0.4 is 5.56 Å². The number of aromatic nitrogens is 1. The molecule has 0 saturated heterocycles. The van der Waals surface area contributed by atoms with Crippen LogP contribution in [-0.2, 0) is 37.0 Å². The Hall–Kier alpha value is -3.40. The predicted molar refractivity (Wildman–Crippen MR) is 133 cm³/mol. The third-order valence-corrected chi connectivity index (χ3v) is 7.25. The van der Waals surface area contributed by atoms with Crippen LogP contribution in [0.3, 0.4) is 0 Å². The van der Waals surface area contributed by atoms with Gasteiger partial charge in [0.15, 0.2) is 5.69 Å². The Bertz CT molecular complexity index is 1370. The Kier molecular flexibility index (Phi) is 12.2. The number of rotatable bonds is 15. The molecule has 0 atom stereocenters. The molecular formula is C23H28F3N5O8S. The van der Waals surface area contributed by atoms with Crippen LogP contribution >= 0.6 is 0 Å². The first-order valence-electron chi connectivity index (χ1n) is 11.6. The van der Waals surface area contributed by atoms with Gasteiger partial charge in [-0.05, 0) is 24.3 Å². The molecule has 2 N–H and O–H groups in total. The number of azo groups is 1. The van der Waals surface area contributed by atoms with Crippen molar-refractivity contribution in [3.63, 3.8) is 0 Å². The molecule has 1 aromatic carbocycles. The molecule has 0 fully saturated rings. The maximum absolute atomic E-state index is 13.8. The summed E-state index contributed by atoms with van der Waals surface area (Å²) in [5.74, 6) is -1.21. The summed E-state index contributed by atoms with van der Waals surface area (Å²) in [6, 6.07) is 5.89. The summed E-state index contributed by atoms with van der Waals surface area (Å²) in [4.78, 5) is 12.4. The zero-order valence-electron chi connectivity index (χ0n) is 21.6. The van der Waals surface area contributed by atoms with Gasteiger partial charge in [0, 0.05) is 27.3 Å². The summed E-state index contributed by atoms with van der Waals surface area (Å²) >= 11 is 0. The van der Waals surface area contributed by atoms with Gasteiger partial charge in [-0.2, -0.15) is 27.9 Å². The molecule has 0 aliphatic heterocycles. The van der Waals surface area contributed by atoms with Crippen molar-refractivity contribution in [3.05, 3.63) is 45.7 Å². The molecule has 17 heteroatoms. The van der Waals surface area contributed by atoms with E-state index in [4.69, 9.17) is 19.3 Å². The number of nitriles is 1. The first-order chi connectivity index (χ1) is 18.9. The Labute approximate surface area is 227 Å². The molecule has 1 heterocycles. The van der Waals surface area contributed by atoms with Crippen LogP contribution in [-0.4, -0.2) is 87.8 Å². The average Bonchev–Trinajstić information content (AvgIpc) is 2.91. The molecule has 40 heavy (non-hydrogen) atoms. The van der Waals surface area contributed by atoms with E-state index in [2.05, 4.69) is 10.2 Å². The highest BCUT2D eigenvalue weighted by Gasteiger charge is 2.41. The second kappa shape index (κ2) is 14.8.